The largest absolute Gasteiger partial charge is 0.340 e. The van der Waals surface area contributed by atoms with Gasteiger partial charge in [0, 0.05) is 26.1 Å². The zero-order valence-corrected chi connectivity index (χ0v) is 16.6. The second-order valence-electron chi connectivity index (χ2n) is 7.23. The number of aryl methyl sites for hydroxylation is 1. The fraction of sp³-hybridized carbons (Fsp3) is 0.333. The van der Waals surface area contributed by atoms with Gasteiger partial charge in [-0.1, -0.05) is 42.5 Å². The lowest BCUT2D eigenvalue weighted by Gasteiger charge is -2.17. The van der Waals surface area contributed by atoms with E-state index in [0.717, 1.165) is 11.0 Å². The summed E-state index contributed by atoms with van der Waals surface area (Å²) in [7, 11) is 1.73. The van der Waals surface area contributed by atoms with E-state index >= 15 is 0 Å². The second kappa shape index (κ2) is 8.20. The number of fused-ring (bicyclic) bond motifs is 1. The molecular weight excluding hydrogens is 376 g/mol. The van der Waals surface area contributed by atoms with Crippen LogP contribution in [0.5, 0.6) is 0 Å². The summed E-state index contributed by atoms with van der Waals surface area (Å²) in [5, 5.41) is 0. The molecule has 0 bridgehead atoms. The van der Waals surface area contributed by atoms with Crippen molar-refractivity contribution in [2.45, 2.75) is 12.5 Å². The number of carbonyl (C=O) groups excluding carboxylic acids is 1. The average Bonchev–Trinajstić information content (AvgIpc) is 3.25. The number of hydrogen-bond donors (Lipinski definition) is 1. The number of benzene rings is 2. The standard InChI is InChI=1S/C21H24N4O2.ClH/c1-23-18-9-5-6-10-19(18)25(21(23)27)14-20(26)24-12-16(11-22)17(13-24)15-7-3-2-4-8-15;/h2-10,16-17H,11-14,22H2,1H3;1H/t16-,17+;/m1./s1. The molecule has 0 saturated carbocycles. The van der Waals surface area contributed by atoms with Crippen LogP contribution in [-0.2, 0) is 18.4 Å². The molecule has 148 valence electrons. The number of carbonyl (C=O) groups is 1. The van der Waals surface area contributed by atoms with Crippen LogP contribution in [0, 0.1) is 5.92 Å². The van der Waals surface area contributed by atoms with Crippen LogP contribution in [0.4, 0.5) is 0 Å². The van der Waals surface area contributed by atoms with E-state index in [1.807, 2.05) is 47.4 Å². The van der Waals surface area contributed by atoms with Crippen molar-refractivity contribution in [1.29, 1.82) is 0 Å². The van der Waals surface area contributed by atoms with Gasteiger partial charge in [-0.05, 0) is 30.2 Å². The van der Waals surface area contributed by atoms with Crippen molar-refractivity contribution in [3.05, 3.63) is 70.6 Å². The lowest BCUT2D eigenvalue weighted by molar-refractivity contribution is -0.130. The molecule has 4 rings (SSSR count). The molecule has 2 atom stereocenters. The molecule has 6 nitrogen and oxygen atoms in total. The molecule has 2 aromatic carbocycles. The number of halogens is 1. The lowest BCUT2D eigenvalue weighted by atomic mass is 9.89. The number of para-hydroxylation sites is 2. The number of aromatic nitrogens is 2. The number of nitrogens with two attached hydrogens (primary N) is 1. The fourth-order valence-corrected chi connectivity index (χ4v) is 4.14. The third-order valence-electron chi connectivity index (χ3n) is 5.67. The van der Waals surface area contributed by atoms with Crippen molar-refractivity contribution in [2.75, 3.05) is 19.6 Å². The van der Waals surface area contributed by atoms with E-state index in [0.29, 0.717) is 19.6 Å². The third kappa shape index (κ3) is 3.45. The molecule has 1 aliphatic rings. The van der Waals surface area contributed by atoms with Crippen LogP contribution < -0.4 is 11.4 Å². The maximum absolute atomic E-state index is 13.0. The van der Waals surface area contributed by atoms with Gasteiger partial charge in [-0.3, -0.25) is 13.9 Å². The lowest BCUT2D eigenvalue weighted by Crippen LogP contribution is -2.35. The highest BCUT2D eigenvalue weighted by Crippen LogP contribution is 2.32. The highest BCUT2D eigenvalue weighted by atomic mass is 35.5. The van der Waals surface area contributed by atoms with Crippen LogP contribution in [-0.4, -0.2) is 39.6 Å². The zero-order chi connectivity index (χ0) is 19.0. The highest BCUT2D eigenvalue weighted by molar-refractivity contribution is 5.85. The minimum absolute atomic E-state index is 0. The number of rotatable bonds is 4. The van der Waals surface area contributed by atoms with E-state index in [2.05, 4.69) is 12.1 Å². The van der Waals surface area contributed by atoms with Crippen molar-refractivity contribution in [3.63, 3.8) is 0 Å². The first-order valence-corrected chi connectivity index (χ1v) is 9.27. The molecule has 1 saturated heterocycles. The Kier molecular flexibility index (Phi) is 5.91. The average molecular weight is 401 g/mol. The minimum atomic E-state index is -0.168. The van der Waals surface area contributed by atoms with Gasteiger partial charge in [-0.15, -0.1) is 12.4 Å². The molecule has 1 aliphatic heterocycles. The van der Waals surface area contributed by atoms with Gasteiger partial charge in [0.1, 0.15) is 6.54 Å². The van der Waals surface area contributed by atoms with Gasteiger partial charge in [0.05, 0.1) is 11.0 Å². The van der Waals surface area contributed by atoms with E-state index in [9.17, 15) is 9.59 Å². The van der Waals surface area contributed by atoms with Gasteiger partial charge in [-0.25, -0.2) is 4.79 Å². The third-order valence-corrected chi connectivity index (χ3v) is 5.67. The van der Waals surface area contributed by atoms with Crippen molar-refractivity contribution < 1.29 is 4.79 Å². The van der Waals surface area contributed by atoms with Crippen LogP contribution >= 0.6 is 12.4 Å². The number of imidazole rings is 1. The van der Waals surface area contributed by atoms with Gasteiger partial charge in [0.15, 0.2) is 0 Å². The fourth-order valence-electron chi connectivity index (χ4n) is 4.14. The van der Waals surface area contributed by atoms with Gasteiger partial charge in [0.25, 0.3) is 0 Å². The molecule has 3 aromatic rings. The quantitative estimate of drug-likeness (QED) is 0.727. The Morgan fingerprint density at radius 1 is 1.04 bits per heavy atom. The van der Waals surface area contributed by atoms with Gasteiger partial charge in [-0.2, -0.15) is 0 Å². The summed E-state index contributed by atoms with van der Waals surface area (Å²) in [4.78, 5) is 27.4. The molecule has 2 heterocycles. The predicted octanol–water partition coefficient (Wildman–Crippen LogP) is 1.96. The van der Waals surface area contributed by atoms with E-state index in [1.54, 1.807) is 16.2 Å². The Morgan fingerprint density at radius 2 is 1.68 bits per heavy atom. The molecular formula is C21H25ClN4O2. The number of amides is 1. The van der Waals surface area contributed by atoms with E-state index < -0.39 is 0 Å². The Bertz CT molecular complexity index is 1030. The Hall–Kier alpha value is -2.57. The highest BCUT2D eigenvalue weighted by Gasteiger charge is 2.35. The monoisotopic (exact) mass is 400 g/mol. The predicted molar refractivity (Wildman–Crippen MR) is 113 cm³/mol. The summed E-state index contributed by atoms with van der Waals surface area (Å²) < 4.78 is 3.15. The van der Waals surface area contributed by atoms with Crippen LogP contribution in [0.2, 0.25) is 0 Å². The van der Waals surface area contributed by atoms with Gasteiger partial charge < -0.3 is 10.6 Å². The Labute approximate surface area is 170 Å². The summed E-state index contributed by atoms with van der Waals surface area (Å²) in [5.41, 5.74) is 8.64. The zero-order valence-electron chi connectivity index (χ0n) is 15.8. The maximum Gasteiger partial charge on any atom is 0.329 e. The van der Waals surface area contributed by atoms with Crippen LogP contribution in [0.25, 0.3) is 11.0 Å². The summed E-state index contributed by atoms with van der Waals surface area (Å²) in [6.45, 7) is 1.87. The first-order valence-electron chi connectivity index (χ1n) is 9.27. The molecule has 0 unspecified atom stereocenters. The molecule has 0 aliphatic carbocycles. The minimum Gasteiger partial charge on any atom is -0.340 e. The molecule has 1 amide bonds. The molecule has 0 spiro atoms. The van der Waals surface area contributed by atoms with E-state index in [1.165, 1.54) is 5.56 Å². The molecule has 0 radical (unpaired) electrons. The van der Waals surface area contributed by atoms with E-state index in [-0.39, 0.29) is 42.4 Å². The molecule has 1 aromatic heterocycles. The molecule has 1 fully saturated rings. The summed E-state index contributed by atoms with van der Waals surface area (Å²) >= 11 is 0. The summed E-state index contributed by atoms with van der Waals surface area (Å²) in [6.07, 6.45) is 0. The van der Waals surface area contributed by atoms with E-state index in [4.69, 9.17) is 5.73 Å². The molecule has 2 N–H and O–H groups in total. The SMILES string of the molecule is Cl.Cn1c(=O)n(CC(=O)N2C[C@@H](CN)[C@H](c3ccccc3)C2)c2ccccc21. The van der Waals surface area contributed by atoms with Crippen LogP contribution in [0.1, 0.15) is 11.5 Å². The van der Waals surface area contributed by atoms with Crippen molar-refractivity contribution in [1.82, 2.24) is 14.0 Å². The topological polar surface area (TPSA) is 73.3 Å². The second-order valence-corrected chi connectivity index (χ2v) is 7.23. The molecule has 28 heavy (non-hydrogen) atoms. The number of nitrogens with zero attached hydrogens (tertiary/aromatic N) is 3. The van der Waals surface area contributed by atoms with Crippen LogP contribution in [0.15, 0.2) is 59.4 Å². The maximum atomic E-state index is 13.0. The van der Waals surface area contributed by atoms with Gasteiger partial charge >= 0.3 is 5.69 Å². The first kappa shape index (κ1) is 20.2. The summed E-state index contributed by atoms with van der Waals surface area (Å²) in [6, 6.07) is 17.8. The normalized spacial score (nSPS) is 19.0. The Morgan fingerprint density at radius 3 is 2.36 bits per heavy atom. The first-order chi connectivity index (χ1) is 13.1. The van der Waals surface area contributed by atoms with Crippen molar-refractivity contribution in [3.8, 4) is 0 Å². The molecule has 7 heteroatoms. The Balaban J connectivity index is 0.00000225. The van der Waals surface area contributed by atoms with Crippen LogP contribution in [0.3, 0.4) is 0 Å². The van der Waals surface area contributed by atoms with Gasteiger partial charge in [0.2, 0.25) is 5.91 Å². The number of hydrogen-bond acceptors (Lipinski definition) is 3. The summed E-state index contributed by atoms with van der Waals surface area (Å²) in [5.74, 6) is 0.440. The van der Waals surface area contributed by atoms with Crippen molar-refractivity contribution >= 4 is 29.3 Å². The number of likely N-dealkylation sites (tertiary alicyclic amines) is 1. The van der Waals surface area contributed by atoms with Crippen molar-refractivity contribution in [2.24, 2.45) is 18.7 Å². The smallest absolute Gasteiger partial charge is 0.329 e.